The molecule has 0 aliphatic heterocycles. The summed E-state index contributed by atoms with van der Waals surface area (Å²) in [6.45, 7) is 7.58. The van der Waals surface area contributed by atoms with E-state index < -0.39 is 0 Å². The van der Waals surface area contributed by atoms with Gasteiger partial charge in [0.1, 0.15) is 5.75 Å². The molecular formula is C12H14O. The van der Waals surface area contributed by atoms with Gasteiger partial charge in [-0.1, -0.05) is 30.9 Å². The minimum Gasteiger partial charge on any atom is -0.508 e. The van der Waals surface area contributed by atoms with Crippen molar-refractivity contribution >= 4 is 12.2 Å². The molecule has 0 fully saturated rings. The van der Waals surface area contributed by atoms with Gasteiger partial charge in [0.2, 0.25) is 0 Å². The molecule has 1 aromatic carbocycles. The molecule has 1 N–H and O–H groups in total. The second-order valence-electron chi connectivity index (χ2n) is 2.92. The molecule has 0 aromatic heterocycles. The van der Waals surface area contributed by atoms with Crippen molar-refractivity contribution in [2.75, 3.05) is 0 Å². The number of hydrogen-bond donors (Lipinski definition) is 1. The van der Waals surface area contributed by atoms with Crippen LogP contribution in [0.5, 0.6) is 5.75 Å². The third-order valence-electron chi connectivity index (χ3n) is 2.07. The Hall–Kier alpha value is -1.50. The van der Waals surface area contributed by atoms with E-state index in [1.807, 2.05) is 32.1 Å². The van der Waals surface area contributed by atoms with Crippen LogP contribution in [0.3, 0.4) is 0 Å². The first-order chi connectivity index (χ1) is 6.20. The molecule has 13 heavy (non-hydrogen) atoms. The minimum atomic E-state index is 0.332. The molecule has 0 bridgehead atoms. The highest BCUT2D eigenvalue weighted by Crippen LogP contribution is 2.25. The quantitative estimate of drug-likeness (QED) is 0.728. The van der Waals surface area contributed by atoms with Gasteiger partial charge in [0.05, 0.1) is 0 Å². The maximum atomic E-state index is 9.48. The van der Waals surface area contributed by atoms with E-state index in [9.17, 15) is 5.11 Å². The number of phenols is 1. The average molecular weight is 174 g/mol. The van der Waals surface area contributed by atoms with Gasteiger partial charge in [-0.2, -0.15) is 0 Å². The van der Waals surface area contributed by atoms with Crippen LogP contribution < -0.4 is 0 Å². The molecule has 1 heteroatoms. The Morgan fingerprint density at radius 2 is 2.08 bits per heavy atom. The zero-order valence-electron chi connectivity index (χ0n) is 8.04. The van der Waals surface area contributed by atoms with Gasteiger partial charge >= 0.3 is 0 Å². The highest BCUT2D eigenvalue weighted by molar-refractivity contribution is 5.69. The fraction of sp³-hybridized carbons (Fsp3) is 0.167. The van der Waals surface area contributed by atoms with Gasteiger partial charge in [0.25, 0.3) is 0 Å². The highest BCUT2D eigenvalue weighted by atomic mass is 16.3. The largest absolute Gasteiger partial charge is 0.508 e. The van der Waals surface area contributed by atoms with Crippen LogP contribution in [0, 0.1) is 6.92 Å². The number of aromatic hydroxyl groups is 1. The molecule has 0 saturated carbocycles. The summed E-state index contributed by atoms with van der Waals surface area (Å²) in [5.41, 5.74) is 2.99. The van der Waals surface area contributed by atoms with Crippen molar-refractivity contribution in [3.05, 3.63) is 41.5 Å². The predicted octanol–water partition coefficient (Wildman–Crippen LogP) is 3.38. The SMILES string of the molecule is C=Cc1ccc(O)c(C)c1/C=C\C. The van der Waals surface area contributed by atoms with E-state index in [4.69, 9.17) is 0 Å². The lowest BCUT2D eigenvalue weighted by molar-refractivity contribution is 0.471. The van der Waals surface area contributed by atoms with E-state index in [2.05, 4.69) is 6.58 Å². The smallest absolute Gasteiger partial charge is 0.119 e. The van der Waals surface area contributed by atoms with Crippen molar-refractivity contribution in [3.63, 3.8) is 0 Å². The zero-order valence-corrected chi connectivity index (χ0v) is 8.04. The lowest BCUT2D eigenvalue weighted by Crippen LogP contribution is -1.86. The molecule has 68 valence electrons. The van der Waals surface area contributed by atoms with Gasteiger partial charge in [-0.15, -0.1) is 0 Å². The number of rotatable bonds is 2. The Bertz CT molecular complexity index is 348. The summed E-state index contributed by atoms with van der Waals surface area (Å²) in [7, 11) is 0. The highest BCUT2D eigenvalue weighted by Gasteiger charge is 2.03. The standard InChI is InChI=1S/C12H14O/c1-4-6-11-9(3)12(13)8-7-10(11)5-2/h4-8,13H,2H2,1,3H3/b6-4-. The van der Waals surface area contributed by atoms with E-state index >= 15 is 0 Å². The van der Waals surface area contributed by atoms with Crippen LogP contribution in [0.25, 0.3) is 12.2 Å². The Balaban J connectivity index is 3.40. The molecule has 0 radical (unpaired) electrons. The molecular weight excluding hydrogens is 160 g/mol. The van der Waals surface area contributed by atoms with Crippen LogP contribution >= 0.6 is 0 Å². The molecule has 1 nitrogen and oxygen atoms in total. The van der Waals surface area contributed by atoms with Crippen LogP contribution in [-0.4, -0.2) is 5.11 Å². The van der Waals surface area contributed by atoms with Crippen LogP contribution in [0.15, 0.2) is 24.8 Å². The molecule has 1 rings (SSSR count). The van der Waals surface area contributed by atoms with Crippen molar-refractivity contribution < 1.29 is 5.11 Å². The first kappa shape index (κ1) is 9.59. The Kier molecular flexibility index (Phi) is 2.91. The predicted molar refractivity (Wildman–Crippen MR) is 57.6 cm³/mol. The second-order valence-corrected chi connectivity index (χ2v) is 2.92. The van der Waals surface area contributed by atoms with Crippen molar-refractivity contribution in [1.29, 1.82) is 0 Å². The molecule has 0 saturated heterocycles. The van der Waals surface area contributed by atoms with Crippen molar-refractivity contribution in [3.8, 4) is 5.75 Å². The first-order valence-corrected chi connectivity index (χ1v) is 4.28. The topological polar surface area (TPSA) is 20.2 Å². The molecule has 0 aliphatic carbocycles. The molecule has 0 amide bonds. The third-order valence-corrected chi connectivity index (χ3v) is 2.07. The van der Waals surface area contributed by atoms with Crippen LogP contribution in [0.2, 0.25) is 0 Å². The van der Waals surface area contributed by atoms with Gasteiger partial charge in [-0.3, -0.25) is 0 Å². The molecule has 0 atom stereocenters. The Labute approximate surface area is 79.0 Å². The third kappa shape index (κ3) is 1.81. The minimum absolute atomic E-state index is 0.332. The number of benzene rings is 1. The lowest BCUT2D eigenvalue weighted by atomic mass is 10.0. The summed E-state index contributed by atoms with van der Waals surface area (Å²) >= 11 is 0. The summed E-state index contributed by atoms with van der Waals surface area (Å²) < 4.78 is 0. The van der Waals surface area contributed by atoms with E-state index in [-0.39, 0.29) is 0 Å². The molecule has 1 aromatic rings. The summed E-state index contributed by atoms with van der Waals surface area (Å²) in [5.74, 6) is 0.332. The summed E-state index contributed by atoms with van der Waals surface area (Å²) in [6.07, 6.45) is 5.72. The van der Waals surface area contributed by atoms with Crippen molar-refractivity contribution in [1.82, 2.24) is 0 Å². The fourth-order valence-electron chi connectivity index (χ4n) is 1.30. The number of allylic oxidation sites excluding steroid dienone is 1. The van der Waals surface area contributed by atoms with E-state index in [1.165, 1.54) is 0 Å². The van der Waals surface area contributed by atoms with E-state index in [0.29, 0.717) is 5.75 Å². The number of phenolic OH excluding ortho intramolecular Hbond substituents is 1. The maximum absolute atomic E-state index is 9.48. The average Bonchev–Trinajstić information content (AvgIpc) is 2.14. The Morgan fingerprint density at radius 3 is 2.62 bits per heavy atom. The van der Waals surface area contributed by atoms with Gasteiger partial charge in [-0.05, 0) is 36.6 Å². The van der Waals surface area contributed by atoms with Gasteiger partial charge in [-0.25, -0.2) is 0 Å². The summed E-state index contributed by atoms with van der Waals surface area (Å²) in [6, 6.07) is 3.56. The zero-order chi connectivity index (χ0) is 9.84. The van der Waals surface area contributed by atoms with Crippen molar-refractivity contribution in [2.45, 2.75) is 13.8 Å². The molecule has 0 unspecified atom stereocenters. The van der Waals surface area contributed by atoms with E-state index in [1.54, 1.807) is 12.1 Å². The van der Waals surface area contributed by atoms with Gasteiger partial charge in [0, 0.05) is 0 Å². The first-order valence-electron chi connectivity index (χ1n) is 4.28. The van der Waals surface area contributed by atoms with Gasteiger partial charge in [0.15, 0.2) is 0 Å². The van der Waals surface area contributed by atoms with Gasteiger partial charge < -0.3 is 5.11 Å². The normalized spacial score (nSPS) is 10.6. The Morgan fingerprint density at radius 1 is 1.38 bits per heavy atom. The fourth-order valence-corrected chi connectivity index (χ4v) is 1.30. The summed E-state index contributed by atoms with van der Waals surface area (Å²) in [5, 5.41) is 9.48. The number of hydrogen-bond acceptors (Lipinski definition) is 1. The van der Waals surface area contributed by atoms with Crippen LogP contribution in [0.1, 0.15) is 23.6 Å². The maximum Gasteiger partial charge on any atom is 0.119 e. The molecule has 0 aliphatic rings. The second kappa shape index (κ2) is 3.94. The lowest BCUT2D eigenvalue weighted by Gasteiger charge is -2.07. The van der Waals surface area contributed by atoms with Crippen LogP contribution in [0.4, 0.5) is 0 Å². The molecule has 0 heterocycles. The summed E-state index contributed by atoms with van der Waals surface area (Å²) in [4.78, 5) is 0. The van der Waals surface area contributed by atoms with Crippen LogP contribution in [-0.2, 0) is 0 Å². The monoisotopic (exact) mass is 174 g/mol. The van der Waals surface area contributed by atoms with Crippen molar-refractivity contribution in [2.24, 2.45) is 0 Å². The van der Waals surface area contributed by atoms with E-state index in [0.717, 1.165) is 16.7 Å². The molecule has 0 spiro atoms.